The number of anilines is 1. The summed E-state index contributed by atoms with van der Waals surface area (Å²) in [7, 11) is 0. The van der Waals surface area contributed by atoms with E-state index in [-0.39, 0.29) is 0 Å². The number of nitrogens with one attached hydrogen (secondary N) is 1. The molecule has 5 heteroatoms. The van der Waals surface area contributed by atoms with Gasteiger partial charge in [0.1, 0.15) is 12.1 Å². The SMILES string of the molecule is Cc1cc(N2CC(C)NCC2C)n2ncnc2c1. The van der Waals surface area contributed by atoms with Crippen LogP contribution in [0.15, 0.2) is 18.5 Å². The number of hydrogen-bond donors (Lipinski definition) is 1. The molecular weight excluding hydrogens is 226 g/mol. The van der Waals surface area contributed by atoms with E-state index in [0.29, 0.717) is 12.1 Å². The van der Waals surface area contributed by atoms with Crippen LogP contribution in [-0.2, 0) is 0 Å². The summed E-state index contributed by atoms with van der Waals surface area (Å²) in [6, 6.07) is 5.22. The minimum atomic E-state index is 0.468. The predicted octanol–water partition coefficient (Wildman–Crippen LogP) is 1.22. The van der Waals surface area contributed by atoms with Crippen LogP contribution in [0, 0.1) is 6.92 Å². The maximum Gasteiger partial charge on any atom is 0.157 e. The lowest BCUT2D eigenvalue weighted by molar-refractivity contribution is 0.420. The number of aryl methyl sites for hydroxylation is 1. The first-order chi connectivity index (χ1) is 8.65. The number of aromatic nitrogens is 3. The van der Waals surface area contributed by atoms with Crippen LogP contribution in [0.3, 0.4) is 0 Å². The summed E-state index contributed by atoms with van der Waals surface area (Å²) in [6.45, 7) is 8.57. The molecule has 0 saturated carbocycles. The molecule has 1 saturated heterocycles. The third kappa shape index (κ3) is 1.84. The van der Waals surface area contributed by atoms with Gasteiger partial charge in [-0.3, -0.25) is 0 Å². The number of rotatable bonds is 1. The Morgan fingerprint density at radius 2 is 2.17 bits per heavy atom. The van der Waals surface area contributed by atoms with E-state index in [1.54, 1.807) is 6.33 Å². The Hall–Kier alpha value is -1.62. The molecule has 2 unspecified atom stereocenters. The fraction of sp³-hybridized carbons (Fsp3) is 0.538. The van der Waals surface area contributed by atoms with Gasteiger partial charge in [0, 0.05) is 25.2 Å². The largest absolute Gasteiger partial charge is 0.351 e. The average Bonchev–Trinajstić information content (AvgIpc) is 2.79. The second-order valence-corrected chi connectivity index (χ2v) is 5.23. The van der Waals surface area contributed by atoms with Crippen LogP contribution < -0.4 is 10.2 Å². The van der Waals surface area contributed by atoms with Crippen LogP contribution in [0.4, 0.5) is 5.82 Å². The highest BCUT2D eigenvalue weighted by molar-refractivity contribution is 5.53. The van der Waals surface area contributed by atoms with E-state index < -0.39 is 0 Å². The summed E-state index contributed by atoms with van der Waals surface area (Å²) in [6.07, 6.45) is 1.62. The number of hydrogen-bond acceptors (Lipinski definition) is 4. The van der Waals surface area contributed by atoms with Crippen molar-refractivity contribution < 1.29 is 0 Å². The van der Waals surface area contributed by atoms with Crippen LogP contribution in [-0.4, -0.2) is 39.8 Å². The van der Waals surface area contributed by atoms with Gasteiger partial charge in [-0.25, -0.2) is 4.98 Å². The number of fused-ring (bicyclic) bond motifs is 1. The molecule has 0 aliphatic carbocycles. The molecule has 2 aromatic heterocycles. The quantitative estimate of drug-likeness (QED) is 0.820. The lowest BCUT2D eigenvalue weighted by Crippen LogP contribution is -2.55. The minimum Gasteiger partial charge on any atom is -0.351 e. The van der Waals surface area contributed by atoms with Crippen LogP contribution in [0.2, 0.25) is 0 Å². The van der Waals surface area contributed by atoms with Crippen molar-refractivity contribution in [3.8, 4) is 0 Å². The molecule has 1 fully saturated rings. The van der Waals surface area contributed by atoms with E-state index in [0.717, 1.165) is 24.6 Å². The van der Waals surface area contributed by atoms with Gasteiger partial charge in [0.25, 0.3) is 0 Å². The van der Waals surface area contributed by atoms with E-state index >= 15 is 0 Å². The number of nitrogens with zero attached hydrogens (tertiary/aromatic N) is 4. The second-order valence-electron chi connectivity index (χ2n) is 5.23. The zero-order chi connectivity index (χ0) is 12.7. The van der Waals surface area contributed by atoms with Gasteiger partial charge in [0.2, 0.25) is 0 Å². The van der Waals surface area contributed by atoms with Gasteiger partial charge in [-0.2, -0.15) is 9.61 Å². The van der Waals surface area contributed by atoms with E-state index in [2.05, 4.69) is 53.2 Å². The molecule has 3 heterocycles. The van der Waals surface area contributed by atoms with Gasteiger partial charge >= 0.3 is 0 Å². The monoisotopic (exact) mass is 245 g/mol. The van der Waals surface area contributed by atoms with E-state index in [1.807, 2.05) is 4.52 Å². The molecular formula is C13H19N5. The minimum absolute atomic E-state index is 0.468. The lowest BCUT2D eigenvalue weighted by Gasteiger charge is -2.39. The van der Waals surface area contributed by atoms with Crippen LogP contribution in [0.25, 0.3) is 5.65 Å². The molecule has 1 aliphatic heterocycles. The van der Waals surface area contributed by atoms with Crippen molar-refractivity contribution in [3.05, 3.63) is 24.0 Å². The Morgan fingerprint density at radius 3 is 3.00 bits per heavy atom. The standard InChI is InChI=1S/C13H19N5/c1-9-4-12-15-8-16-18(12)13(5-9)17-7-10(2)14-6-11(17)3/h4-5,8,10-11,14H,6-7H2,1-3H3. The summed E-state index contributed by atoms with van der Waals surface area (Å²) in [5, 5.41) is 7.84. The highest BCUT2D eigenvalue weighted by Crippen LogP contribution is 2.22. The van der Waals surface area contributed by atoms with Gasteiger partial charge in [-0.05, 0) is 38.5 Å². The van der Waals surface area contributed by atoms with E-state index in [9.17, 15) is 0 Å². The summed E-state index contributed by atoms with van der Waals surface area (Å²) in [5.74, 6) is 1.14. The van der Waals surface area contributed by atoms with Crippen molar-refractivity contribution in [2.75, 3.05) is 18.0 Å². The smallest absolute Gasteiger partial charge is 0.157 e. The first kappa shape index (κ1) is 11.5. The lowest BCUT2D eigenvalue weighted by atomic mass is 10.1. The van der Waals surface area contributed by atoms with Crippen molar-refractivity contribution in [3.63, 3.8) is 0 Å². The van der Waals surface area contributed by atoms with Crippen LogP contribution in [0.5, 0.6) is 0 Å². The van der Waals surface area contributed by atoms with Crippen molar-refractivity contribution in [1.82, 2.24) is 19.9 Å². The van der Waals surface area contributed by atoms with E-state index in [4.69, 9.17) is 0 Å². The van der Waals surface area contributed by atoms with Crippen molar-refractivity contribution in [2.45, 2.75) is 32.9 Å². The molecule has 2 atom stereocenters. The second kappa shape index (κ2) is 4.24. The fourth-order valence-electron chi connectivity index (χ4n) is 2.58. The maximum absolute atomic E-state index is 4.34. The molecule has 18 heavy (non-hydrogen) atoms. The molecule has 1 N–H and O–H groups in total. The van der Waals surface area contributed by atoms with Crippen molar-refractivity contribution >= 4 is 11.5 Å². The fourth-order valence-corrected chi connectivity index (χ4v) is 2.58. The Balaban J connectivity index is 2.09. The van der Waals surface area contributed by atoms with Gasteiger partial charge in [0.05, 0.1) is 0 Å². The molecule has 0 amide bonds. The molecule has 0 bridgehead atoms. The van der Waals surface area contributed by atoms with Gasteiger partial charge < -0.3 is 10.2 Å². The van der Waals surface area contributed by atoms with Crippen molar-refractivity contribution in [2.24, 2.45) is 0 Å². The highest BCUT2D eigenvalue weighted by atomic mass is 15.4. The van der Waals surface area contributed by atoms with Gasteiger partial charge in [-0.1, -0.05) is 0 Å². The summed E-state index contributed by atoms with van der Waals surface area (Å²) >= 11 is 0. The third-order valence-corrected chi connectivity index (χ3v) is 3.56. The van der Waals surface area contributed by atoms with Gasteiger partial charge in [-0.15, -0.1) is 0 Å². The van der Waals surface area contributed by atoms with Gasteiger partial charge in [0.15, 0.2) is 5.65 Å². The molecule has 0 aromatic carbocycles. The number of pyridine rings is 1. The maximum atomic E-state index is 4.34. The molecule has 3 rings (SSSR count). The topological polar surface area (TPSA) is 45.5 Å². The molecule has 2 aromatic rings. The third-order valence-electron chi connectivity index (χ3n) is 3.56. The number of piperazine rings is 1. The Labute approximate surface area is 107 Å². The Kier molecular flexibility index (Phi) is 2.70. The summed E-state index contributed by atoms with van der Waals surface area (Å²) < 4.78 is 1.93. The highest BCUT2D eigenvalue weighted by Gasteiger charge is 2.24. The van der Waals surface area contributed by atoms with Crippen LogP contribution >= 0.6 is 0 Å². The Morgan fingerprint density at radius 1 is 1.33 bits per heavy atom. The first-order valence-corrected chi connectivity index (χ1v) is 6.45. The summed E-state index contributed by atoms with van der Waals surface area (Å²) in [5.41, 5.74) is 2.15. The van der Waals surface area contributed by atoms with E-state index in [1.165, 1.54) is 5.56 Å². The van der Waals surface area contributed by atoms with Crippen LogP contribution in [0.1, 0.15) is 19.4 Å². The molecule has 5 nitrogen and oxygen atoms in total. The normalized spacial score (nSPS) is 24.7. The van der Waals surface area contributed by atoms with Crippen molar-refractivity contribution in [1.29, 1.82) is 0 Å². The summed E-state index contributed by atoms with van der Waals surface area (Å²) in [4.78, 5) is 6.70. The molecule has 96 valence electrons. The molecule has 0 radical (unpaired) electrons. The predicted molar refractivity (Wildman–Crippen MR) is 72.0 cm³/mol. The molecule has 1 aliphatic rings. The average molecular weight is 245 g/mol. The molecule has 0 spiro atoms. The zero-order valence-electron chi connectivity index (χ0n) is 11.1. The first-order valence-electron chi connectivity index (χ1n) is 6.45. The zero-order valence-corrected chi connectivity index (χ0v) is 11.1. The Bertz CT molecular complexity index is 562.